The average Bonchev–Trinajstić information content (AvgIpc) is 2.71. The maximum atomic E-state index is 3.88. The Morgan fingerprint density at radius 2 is 2.00 bits per heavy atom. The summed E-state index contributed by atoms with van der Waals surface area (Å²) in [5.41, 5.74) is 1.79. The molecule has 1 aliphatic heterocycles. The zero-order chi connectivity index (χ0) is 13.8. The van der Waals surface area contributed by atoms with Crippen molar-refractivity contribution in [3.8, 4) is 0 Å². The topological polar surface area (TPSA) is 15.3 Å². The van der Waals surface area contributed by atoms with E-state index in [1.165, 1.54) is 68.7 Å². The van der Waals surface area contributed by atoms with Crippen LogP contribution in [0.1, 0.15) is 38.5 Å². The first-order valence-electron chi connectivity index (χ1n) is 7.95. The fourth-order valence-electron chi connectivity index (χ4n) is 3.71. The highest BCUT2D eigenvalue weighted by atomic mass is 32.2. The Balaban J connectivity index is 1.80. The summed E-state index contributed by atoms with van der Waals surface area (Å²) in [5.74, 6) is 0. The van der Waals surface area contributed by atoms with E-state index in [0.29, 0.717) is 5.54 Å². The van der Waals surface area contributed by atoms with E-state index in [1.54, 1.807) is 0 Å². The summed E-state index contributed by atoms with van der Waals surface area (Å²) in [6.07, 6.45) is 10.3. The molecule has 1 spiro atoms. The molecule has 1 aliphatic carbocycles. The van der Waals surface area contributed by atoms with Crippen molar-refractivity contribution in [2.45, 2.75) is 49.0 Å². The van der Waals surface area contributed by atoms with Crippen LogP contribution in [0.25, 0.3) is 0 Å². The Labute approximate surface area is 127 Å². The molecular weight excluding hydrogens is 264 g/mol. The van der Waals surface area contributed by atoms with Gasteiger partial charge in [0.2, 0.25) is 0 Å². The van der Waals surface area contributed by atoms with Crippen LogP contribution in [0.2, 0.25) is 0 Å². The Morgan fingerprint density at radius 3 is 2.80 bits per heavy atom. The van der Waals surface area contributed by atoms with Gasteiger partial charge in [0.25, 0.3) is 0 Å². The fraction of sp³-hybridized carbons (Fsp3) is 0.647. The Bertz CT molecular complexity index is 440. The van der Waals surface area contributed by atoms with Crippen molar-refractivity contribution in [3.05, 3.63) is 24.3 Å². The smallest absolute Gasteiger partial charge is 0.0378 e. The summed E-state index contributed by atoms with van der Waals surface area (Å²) >= 11 is 1.84. The summed E-state index contributed by atoms with van der Waals surface area (Å²) in [7, 11) is 0. The molecule has 3 rings (SSSR count). The summed E-state index contributed by atoms with van der Waals surface area (Å²) in [4.78, 5) is 3.99. The molecule has 1 aromatic rings. The summed E-state index contributed by atoms with van der Waals surface area (Å²) in [6, 6.07) is 9.04. The first kappa shape index (κ1) is 14.3. The van der Waals surface area contributed by atoms with Crippen LogP contribution in [0, 0.1) is 0 Å². The van der Waals surface area contributed by atoms with Crippen LogP contribution in [0.3, 0.4) is 0 Å². The van der Waals surface area contributed by atoms with Gasteiger partial charge in [-0.1, -0.05) is 25.3 Å². The van der Waals surface area contributed by atoms with Gasteiger partial charge in [0.05, 0.1) is 0 Å². The van der Waals surface area contributed by atoms with Crippen molar-refractivity contribution >= 4 is 17.4 Å². The third-order valence-corrected chi connectivity index (χ3v) is 5.55. The molecule has 0 bridgehead atoms. The summed E-state index contributed by atoms with van der Waals surface area (Å²) in [6.45, 7) is 3.55. The Hall–Kier alpha value is -0.670. The first-order chi connectivity index (χ1) is 9.81. The normalized spacial score (nSPS) is 22.8. The minimum absolute atomic E-state index is 0.379. The van der Waals surface area contributed by atoms with Gasteiger partial charge in [0.1, 0.15) is 0 Å². The summed E-state index contributed by atoms with van der Waals surface area (Å²) in [5, 5.41) is 3.88. The highest BCUT2D eigenvalue weighted by Gasteiger charge is 2.34. The molecule has 2 aliphatic rings. The minimum Gasteiger partial charge on any atom is -0.370 e. The van der Waals surface area contributed by atoms with E-state index in [1.807, 2.05) is 11.8 Å². The van der Waals surface area contributed by atoms with Crippen molar-refractivity contribution in [2.24, 2.45) is 0 Å². The monoisotopic (exact) mass is 290 g/mol. The zero-order valence-electron chi connectivity index (χ0n) is 12.5. The second-order valence-electron chi connectivity index (χ2n) is 6.24. The summed E-state index contributed by atoms with van der Waals surface area (Å²) < 4.78 is 0. The Morgan fingerprint density at radius 1 is 1.15 bits per heavy atom. The average molecular weight is 290 g/mol. The van der Waals surface area contributed by atoms with Gasteiger partial charge in [0.15, 0.2) is 0 Å². The molecule has 110 valence electrons. The van der Waals surface area contributed by atoms with E-state index in [9.17, 15) is 0 Å². The molecular formula is C17H26N2S. The highest BCUT2D eigenvalue weighted by Crippen LogP contribution is 2.32. The van der Waals surface area contributed by atoms with Crippen LogP contribution in [-0.4, -0.2) is 31.4 Å². The van der Waals surface area contributed by atoms with Crippen LogP contribution in [-0.2, 0) is 0 Å². The third-order valence-electron chi connectivity index (χ3n) is 4.83. The molecule has 2 fully saturated rings. The molecule has 1 aromatic carbocycles. The second-order valence-corrected chi connectivity index (χ2v) is 7.12. The number of thioether (sulfide) groups is 1. The zero-order valence-corrected chi connectivity index (χ0v) is 13.3. The highest BCUT2D eigenvalue weighted by molar-refractivity contribution is 7.98. The van der Waals surface area contributed by atoms with E-state index in [2.05, 4.69) is 40.7 Å². The van der Waals surface area contributed by atoms with E-state index < -0.39 is 0 Å². The number of nitrogens with one attached hydrogen (secondary N) is 1. The molecule has 2 nitrogen and oxygen atoms in total. The standard InChI is InChI=1S/C17H26N2S/c1-20-16-8-5-7-15(13-16)19-12-6-11-18-17(14-19)9-3-2-4-10-17/h5,7-8,13,18H,2-4,6,9-12,14H2,1H3. The van der Waals surface area contributed by atoms with Crippen molar-refractivity contribution in [1.29, 1.82) is 0 Å². The van der Waals surface area contributed by atoms with Gasteiger partial charge in [-0.05, 0) is 50.3 Å². The lowest BCUT2D eigenvalue weighted by Crippen LogP contribution is -2.52. The number of hydrogen-bond acceptors (Lipinski definition) is 3. The first-order valence-corrected chi connectivity index (χ1v) is 9.18. The maximum Gasteiger partial charge on any atom is 0.0378 e. The predicted octanol–water partition coefficient (Wildman–Crippen LogP) is 3.91. The van der Waals surface area contributed by atoms with Crippen LogP contribution in [0.5, 0.6) is 0 Å². The van der Waals surface area contributed by atoms with Gasteiger partial charge in [-0.3, -0.25) is 0 Å². The minimum atomic E-state index is 0.379. The maximum absolute atomic E-state index is 3.88. The number of rotatable bonds is 2. The molecule has 0 aromatic heterocycles. The molecule has 0 radical (unpaired) electrons. The lowest BCUT2D eigenvalue weighted by atomic mass is 9.81. The molecule has 0 amide bonds. The van der Waals surface area contributed by atoms with E-state index in [-0.39, 0.29) is 0 Å². The van der Waals surface area contributed by atoms with Crippen LogP contribution in [0.4, 0.5) is 5.69 Å². The van der Waals surface area contributed by atoms with Gasteiger partial charge in [-0.2, -0.15) is 0 Å². The molecule has 1 N–H and O–H groups in total. The lowest BCUT2D eigenvalue weighted by Gasteiger charge is -2.40. The van der Waals surface area contributed by atoms with Crippen molar-refractivity contribution in [3.63, 3.8) is 0 Å². The van der Waals surface area contributed by atoms with Crippen LogP contribution >= 0.6 is 11.8 Å². The molecule has 1 heterocycles. The molecule has 1 saturated carbocycles. The van der Waals surface area contributed by atoms with Crippen LogP contribution < -0.4 is 10.2 Å². The fourth-order valence-corrected chi connectivity index (χ4v) is 4.17. The van der Waals surface area contributed by atoms with Gasteiger partial charge >= 0.3 is 0 Å². The molecule has 3 heteroatoms. The molecule has 0 atom stereocenters. The molecule has 0 unspecified atom stereocenters. The SMILES string of the molecule is CSc1cccc(N2CCCNC3(CCCCC3)C2)c1. The Kier molecular flexibility index (Phi) is 4.57. The third kappa shape index (κ3) is 3.15. The van der Waals surface area contributed by atoms with E-state index in [0.717, 1.165) is 0 Å². The molecule has 20 heavy (non-hydrogen) atoms. The van der Waals surface area contributed by atoms with Crippen molar-refractivity contribution < 1.29 is 0 Å². The van der Waals surface area contributed by atoms with Gasteiger partial charge in [0, 0.05) is 29.2 Å². The largest absolute Gasteiger partial charge is 0.370 e. The second kappa shape index (κ2) is 6.40. The van der Waals surface area contributed by atoms with Crippen LogP contribution in [0.15, 0.2) is 29.2 Å². The van der Waals surface area contributed by atoms with Gasteiger partial charge in [-0.25, -0.2) is 0 Å². The van der Waals surface area contributed by atoms with Gasteiger partial charge < -0.3 is 10.2 Å². The van der Waals surface area contributed by atoms with Crippen molar-refractivity contribution in [2.75, 3.05) is 30.8 Å². The number of hydrogen-bond donors (Lipinski definition) is 1. The van der Waals surface area contributed by atoms with E-state index >= 15 is 0 Å². The number of anilines is 1. The van der Waals surface area contributed by atoms with E-state index in [4.69, 9.17) is 0 Å². The number of nitrogens with zero attached hydrogens (tertiary/aromatic N) is 1. The van der Waals surface area contributed by atoms with Gasteiger partial charge in [-0.15, -0.1) is 11.8 Å². The molecule has 1 saturated heterocycles. The number of benzene rings is 1. The lowest BCUT2D eigenvalue weighted by molar-refractivity contribution is 0.246. The predicted molar refractivity (Wildman–Crippen MR) is 88.9 cm³/mol. The van der Waals surface area contributed by atoms with Crippen molar-refractivity contribution in [1.82, 2.24) is 5.32 Å². The quantitative estimate of drug-likeness (QED) is 0.831.